The standard InChI is InChI=1S/C55H44N2O/c1-36-45-23-13-14-25-47(45)49-32-43(31-48(54(49)56(36)4)46-24-12-11-20-42(46)35-58)39-21-15-22-44(30-39)57-52-28-26-40(37-16-7-5-8-17-37)33-50(52)55(2,3)51-34-41(27-29-53(51)57)38-18-9-6-10-19-38/h5-35,50,52H,1H2,2-4H3. The van der Waals surface area contributed by atoms with E-state index in [1.54, 1.807) is 0 Å². The van der Waals surface area contributed by atoms with Crippen molar-refractivity contribution in [3.8, 4) is 44.5 Å². The van der Waals surface area contributed by atoms with Crippen LogP contribution in [0.25, 0.3) is 55.8 Å². The molecule has 0 fully saturated rings. The molecule has 0 saturated heterocycles. The molecule has 0 saturated carbocycles. The van der Waals surface area contributed by atoms with Crippen molar-refractivity contribution >= 4 is 34.6 Å². The van der Waals surface area contributed by atoms with Gasteiger partial charge in [-0.1, -0.05) is 166 Å². The molecule has 0 aromatic heterocycles. The van der Waals surface area contributed by atoms with Crippen molar-refractivity contribution in [3.63, 3.8) is 0 Å². The number of carbonyl (C=O) groups is 1. The van der Waals surface area contributed by atoms with Crippen LogP contribution in [-0.4, -0.2) is 19.4 Å². The quantitative estimate of drug-likeness (QED) is 0.158. The zero-order valence-corrected chi connectivity index (χ0v) is 33.1. The number of hydrogen-bond acceptors (Lipinski definition) is 3. The van der Waals surface area contributed by atoms with E-state index in [0.717, 1.165) is 62.3 Å². The molecule has 10 rings (SSSR count). The molecule has 1 aliphatic carbocycles. The van der Waals surface area contributed by atoms with Crippen molar-refractivity contribution in [1.82, 2.24) is 0 Å². The second-order valence-corrected chi connectivity index (χ2v) is 16.3. The average Bonchev–Trinajstić information content (AvgIpc) is 3.28. The summed E-state index contributed by atoms with van der Waals surface area (Å²) in [7, 11) is 2.08. The third kappa shape index (κ3) is 5.69. The molecule has 2 atom stereocenters. The van der Waals surface area contributed by atoms with Crippen LogP contribution in [0.3, 0.4) is 0 Å². The maximum atomic E-state index is 12.5. The van der Waals surface area contributed by atoms with Crippen molar-refractivity contribution in [2.75, 3.05) is 16.8 Å². The molecule has 58 heavy (non-hydrogen) atoms. The van der Waals surface area contributed by atoms with E-state index < -0.39 is 0 Å². The summed E-state index contributed by atoms with van der Waals surface area (Å²) < 4.78 is 0. The summed E-state index contributed by atoms with van der Waals surface area (Å²) in [5, 5.41) is 0. The molecule has 2 aliphatic heterocycles. The number of allylic oxidation sites excluding steroid dienone is 2. The molecule has 0 N–H and O–H groups in total. The SMILES string of the molecule is C=C1c2ccccc2-c2cc(-c3cccc(N4c5ccc(-c6ccccc6)cc5C(C)(C)C5C=C(c6ccccc6)C=CC54)c3)cc(-c3ccccc3C=O)c2N1C. The number of hydrogen-bond donors (Lipinski definition) is 0. The molecule has 0 amide bonds. The fourth-order valence-electron chi connectivity index (χ4n) is 9.64. The second kappa shape index (κ2) is 13.9. The van der Waals surface area contributed by atoms with Gasteiger partial charge in [-0.15, -0.1) is 0 Å². The summed E-state index contributed by atoms with van der Waals surface area (Å²) in [5.74, 6) is 0.199. The zero-order valence-electron chi connectivity index (χ0n) is 33.1. The van der Waals surface area contributed by atoms with Gasteiger partial charge in [-0.3, -0.25) is 4.79 Å². The van der Waals surface area contributed by atoms with Crippen molar-refractivity contribution < 1.29 is 4.79 Å². The van der Waals surface area contributed by atoms with Gasteiger partial charge in [0.1, 0.15) is 0 Å². The number of rotatable bonds is 6. The Kier molecular flexibility index (Phi) is 8.49. The molecule has 0 radical (unpaired) electrons. The molecule has 3 nitrogen and oxygen atoms in total. The van der Waals surface area contributed by atoms with Gasteiger partial charge in [0.05, 0.1) is 11.7 Å². The van der Waals surface area contributed by atoms with E-state index in [2.05, 4.69) is 201 Å². The van der Waals surface area contributed by atoms with Crippen LogP contribution in [-0.2, 0) is 5.41 Å². The highest BCUT2D eigenvalue weighted by Gasteiger charge is 2.46. The van der Waals surface area contributed by atoms with Crippen LogP contribution >= 0.6 is 0 Å². The Morgan fingerprint density at radius 2 is 1.21 bits per heavy atom. The maximum absolute atomic E-state index is 12.5. The number of aldehydes is 1. The lowest BCUT2D eigenvalue weighted by atomic mass is 9.64. The highest BCUT2D eigenvalue weighted by molar-refractivity contribution is 6.07. The molecule has 7 aromatic rings. The first kappa shape index (κ1) is 35.4. The van der Waals surface area contributed by atoms with E-state index >= 15 is 0 Å². The molecular formula is C55H44N2O. The Balaban J connectivity index is 1.17. The summed E-state index contributed by atoms with van der Waals surface area (Å²) in [6.45, 7) is 9.34. The summed E-state index contributed by atoms with van der Waals surface area (Å²) in [6.07, 6.45) is 8.21. The lowest BCUT2D eigenvalue weighted by Gasteiger charge is -2.51. The third-order valence-electron chi connectivity index (χ3n) is 12.7. The first-order valence-corrected chi connectivity index (χ1v) is 20.1. The van der Waals surface area contributed by atoms with Crippen molar-refractivity contribution in [2.45, 2.75) is 25.3 Å². The largest absolute Gasteiger partial charge is 0.344 e. The minimum absolute atomic E-state index is 0.0953. The van der Waals surface area contributed by atoms with E-state index in [-0.39, 0.29) is 17.4 Å². The summed E-state index contributed by atoms with van der Waals surface area (Å²) in [4.78, 5) is 17.2. The van der Waals surface area contributed by atoms with E-state index in [1.807, 2.05) is 18.2 Å². The Labute approximate surface area is 341 Å². The van der Waals surface area contributed by atoms with Gasteiger partial charge in [0.2, 0.25) is 0 Å². The number of nitrogens with zero attached hydrogens (tertiary/aromatic N) is 2. The fraction of sp³-hybridized carbons (Fsp3) is 0.109. The number of carbonyl (C=O) groups excluding carboxylic acids is 1. The van der Waals surface area contributed by atoms with Crippen molar-refractivity contribution in [2.24, 2.45) is 5.92 Å². The average molecular weight is 749 g/mol. The van der Waals surface area contributed by atoms with Gasteiger partial charge < -0.3 is 9.80 Å². The lowest BCUT2D eigenvalue weighted by Crippen LogP contribution is -2.50. The summed E-state index contributed by atoms with van der Waals surface area (Å²) in [6, 6.07) is 58.6. The predicted molar refractivity (Wildman–Crippen MR) is 243 cm³/mol. The van der Waals surface area contributed by atoms with E-state index in [9.17, 15) is 4.79 Å². The minimum atomic E-state index is -0.160. The van der Waals surface area contributed by atoms with Crippen LogP contribution in [0.2, 0.25) is 0 Å². The van der Waals surface area contributed by atoms with E-state index in [0.29, 0.717) is 5.56 Å². The highest BCUT2D eigenvalue weighted by Crippen LogP contribution is 2.54. The Morgan fingerprint density at radius 3 is 1.95 bits per heavy atom. The van der Waals surface area contributed by atoms with Gasteiger partial charge in [-0.2, -0.15) is 0 Å². The van der Waals surface area contributed by atoms with Crippen LogP contribution in [0.5, 0.6) is 0 Å². The molecule has 2 unspecified atom stereocenters. The van der Waals surface area contributed by atoms with Gasteiger partial charge >= 0.3 is 0 Å². The smallest absolute Gasteiger partial charge is 0.150 e. The van der Waals surface area contributed by atoms with Crippen LogP contribution in [0.4, 0.5) is 17.1 Å². The first-order valence-electron chi connectivity index (χ1n) is 20.1. The molecule has 7 aromatic carbocycles. The molecule has 0 bridgehead atoms. The first-order chi connectivity index (χ1) is 28.3. The van der Waals surface area contributed by atoms with Crippen LogP contribution in [0.1, 0.15) is 40.9 Å². The van der Waals surface area contributed by atoms with Gasteiger partial charge in [-0.25, -0.2) is 0 Å². The molecule has 0 spiro atoms. The molecule has 280 valence electrons. The van der Waals surface area contributed by atoms with Gasteiger partial charge in [0.15, 0.2) is 6.29 Å². The molecular weight excluding hydrogens is 705 g/mol. The normalized spacial score (nSPS) is 17.4. The van der Waals surface area contributed by atoms with Crippen molar-refractivity contribution in [1.29, 1.82) is 0 Å². The van der Waals surface area contributed by atoms with E-state index in [1.165, 1.54) is 33.5 Å². The van der Waals surface area contributed by atoms with Crippen LogP contribution in [0.15, 0.2) is 189 Å². The molecule has 3 aliphatic rings. The number of anilines is 3. The van der Waals surface area contributed by atoms with Gasteiger partial charge in [-0.05, 0) is 86.5 Å². The maximum Gasteiger partial charge on any atom is 0.150 e. The second-order valence-electron chi connectivity index (χ2n) is 16.3. The number of benzene rings is 7. The minimum Gasteiger partial charge on any atom is -0.344 e. The molecule has 3 heteroatoms. The lowest BCUT2D eigenvalue weighted by molar-refractivity contribution is 0.112. The Hall–Kier alpha value is -6.97. The van der Waals surface area contributed by atoms with Crippen molar-refractivity contribution in [3.05, 3.63) is 211 Å². The van der Waals surface area contributed by atoms with Crippen LogP contribution < -0.4 is 9.80 Å². The Morgan fingerprint density at radius 1 is 0.586 bits per heavy atom. The Bertz CT molecular complexity index is 2830. The topological polar surface area (TPSA) is 23.6 Å². The van der Waals surface area contributed by atoms with Gasteiger partial charge in [0, 0.05) is 57.7 Å². The summed E-state index contributed by atoms with van der Waals surface area (Å²) in [5.41, 5.74) is 18.6. The monoisotopic (exact) mass is 748 g/mol. The zero-order chi connectivity index (χ0) is 39.5. The third-order valence-corrected chi connectivity index (χ3v) is 12.7. The van der Waals surface area contributed by atoms with Gasteiger partial charge in [0.25, 0.3) is 0 Å². The number of fused-ring (bicyclic) bond motifs is 5. The van der Waals surface area contributed by atoms with Crippen LogP contribution in [0, 0.1) is 5.92 Å². The fourth-order valence-corrected chi connectivity index (χ4v) is 9.64. The van der Waals surface area contributed by atoms with E-state index in [4.69, 9.17) is 0 Å². The summed E-state index contributed by atoms with van der Waals surface area (Å²) >= 11 is 0. The molecule has 2 heterocycles. The highest BCUT2D eigenvalue weighted by atomic mass is 16.1. The predicted octanol–water partition coefficient (Wildman–Crippen LogP) is 13.7.